The topological polar surface area (TPSA) is 94.0 Å². The fourth-order valence-electron chi connectivity index (χ4n) is 2.02. The van der Waals surface area contributed by atoms with Gasteiger partial charge in [0.1, 0.15) is 6.04 Å². The molecule has 2 rings (SSSR count). The molecule has 6 heteroatoms. The zero-order valence-electron chi connectivity index (χ0n) is 12.2. The Balaban J connectivity index is 2.00. The summed E-state index contributed by atoms with van der Waals surface area (Å²) in [7, 11) is 0. The minimum atomic E-state index is -1.03. The highest BCUT2D eigenvalue weighted by molar-refractivity contribution is 5.73. The van der Waals surface area contributed by atoms with Crippen molar-refractivity contribution in [3.05, 3.63) is 47.3 Å². The van der Waals surface area contributed by atoms with E-state index in [0.717, 1.165) is 5.56 Å². The van der Waals surface area contributed by atoms with Crippen LogP contribution in [0, 0.1) is 0 Å². The second-order valence-electron chi connectivity index (χ2n) is 5.45. The van der Waals surface area contributed by atoms with E-state index in [9.17, 15) is 4.79 Å². The molecule has 0 aliphatic carbocycles. The van der Waals surface area contributed by atoms with Crippen LogP contribution in [-0.2, 0) is 17.8 Å². The molecule has 3 N–H and O–H groups in total. The number of hydrogen-bond acceptors (Lipinski definition) is 4. The standard InChI is InChI=1S/C15H20N4O2/c1-10(2)12-5-3-11(4-6-12)8-19-9-13(17-18-19)7-14(16)15(20)21/h3-6,9-10,14H,7-8,16H2,1-2H3,(H,20,21). The average molecular weight is 288 g/mol. The lowest BCUT2D eigenvalue weighted by molar-refractivity contribution is -0.138. The van der Waals surface area contributed by atoms with E-state index in [1.54, 1.807) is 10.9 Å². The number of nitrogens with zero attached hydrogens (tertiary/aromatic N) is 3. The molecule has 0 fully saturated rings. The molecule has 0 bridgehead atoms. The van der Waals surface area contributed by atoms with Crippen molar-refractivity contribution in [3.8, 4) is 0 Å². The summed E-state index contributed by atoms with van der Waals surface area (Å²) in [6.45, 7) is 4.92. The fraction of sp³-hybridized carbons (Fsp3) is 0.400. The first-order chi connectivity index (χ1) is 9.95. The molecule has 0 saturated heterocycles. The van der Waals surface area contributed by atoms with Crippen LogP contribution in [0.3, 0.4) is 0 Å². The van der Waals surface area contributed by atoms with Crippen molar-refractivity contribution in [3.63, 3.8) is 0 Å². The summed E-state index contributed by atoms with van der Waals surface area (Å²) < 4.78 is 1.69. The smallest absolute Gasteiger partial charge is 0.320 e. The third kappa shape index (κ3) is 4.13. The van der Waals surface area contributed by atoms with Crippen LogP contribution < -0.4 is 5.73 Å². The molecule has 0 amide bonds. The predicted octanol–water partition coefficient (Wildman–Crippen LogP) is 1.40. The van der Waals surface area contributed by atoms with Gasteiger partial charge in [0.25, 0.3) is 0 Å². The summed E-state index contributed by atoms with van der Waals surface area (Å²) in [5.74, 6) is -0.525. The van der Waals surface area contributed by atoms with Crippen molar-refractivity contribution >= 4 is 5.97 Å². The Bertz CT molecular complexity index is 604. The summed E-state index contributed by atoms with van der Waals surface area (Å²) in [6, 6.07) is 7.41. The summed E-state index contributed by atoms with van der Waals surface area (Å²) in [5.41, 5.74) is 8.49. The van der Waals surface area contributed by atoms with Gasteiger partial charge in [-0.1, -0.05) is 43.3 Å². The monoisotopic (exact) mass is 288 g/mol. The van der Waals surface area contributed by atoms with Gasteiger partial charge in [0.05, 0.1) is 12.2 Å². The lowest BCUT2D eigenvalue weighted by Crippen LogP contribution is -2.32. The Morgan fingerprint density at radius 1 is 1.33 bits per heavy atom. The number of benzene rings is 1. The minimum absolute atomic E-state index is 0.182. The second-order valence-corrected chi connectivity index (χ2v) is 5.45. The molecule has 1 unspecified atom stereocenters. The second kappa shape index (κ2) is 6.49. The third-order valence-corrected chi connectivity index (χ3v) is 3.32. The van der Waals surface area contributed by atoms with Crippen molar-refractivity contribution in [2.24, 2.45) is 5.73 Å². The van der Waals surface area contributed by atoms with Crippen LogP contribution in [0.4, 0.5) is 0 Å². The average Bonchev–Trinajstić information content (AvgIpc) is 2.86. The maximum Gasteiger partial charge on any atom is 0.320 e. The number of nitrogens with two attached hydrogens (primary N) is 1. The Labute approximate surface area is 123 Å². The molecular weight excluding hydrogens is 268 g/mol. The van der Waals surface area contributed by atoms with Crippen molar-refractivity contribution in [1.82, 2.24) is 15.0 Å². The van der Waals surface area contributed by atoms with E-state index in [1.807, 2.05) is 0 Å². The molecule has 1 heterocycles. The molecule has 112 valence electrons. The van der Waals surface area contributed by atoms with Gasteiger partial charge in [0, 0.05) is 12.6 Å². The van der Waals surface area contributed by atoms with E-state index < -0.39 is 12.0 Å². The molecule has 1 aromatic heterocycles. The van der Waals surface area contributed by atoms with Crippen LogP contribution in [0.5, 0.6) is 0 Å². The first-order valence-electron chi connectivity index (χ1n) is 6.92. The molecule has 0 spiro atoms. The summed E-state index contributed by atoms with van der Waals surface area (Å²) in [4.78, 5) is 10.7. The van der Waals surface area contributed by atoms with Crippen LogP contribution in [0.2, 0.25) is 0 Å². The maximum atomic E-state index is 10.7. The van der Waals surface area contributed by atoms with Gasteiger partial charge in [0.15, 0.2) is 0 Å². The Morgan fingerprint density at radius 2 is 2.00 bits per heavy atom. The summed E-state index contributed by atoms with van der Waals surface area (Å²) >= 11 is 0. The van der Waals surface area contributed by atoms with Crippen molar-refractivity contribution < 1.29 is 9.90 Å². The van der Waals surface area contributed by atoms with Gasteiger partial charge < -0.3 is 10.8 Å². The number of carboxylic acid groups (broad SMARTS) is 1. The van der Waals surface area contributed by atoms with Crippen LogP contribution in [0.25, 0.3) is 0 Å². The molecule has 21 heavy (non-hydrogen) atoms. The third-order valence-electron chi connectivity index (χ3n) is 3.32. The minimum Gasteiger partial charge on any atom is -0.480 e. The predicted molar refractivity (Wildman–Crippen MR) is 79.0 cm³/mol. The van der Waals surface area contributed by atoms with E-state index in [-0.39, 0.29) is 6.42 Å². The fourth-order valence-corrected chi connectivity index (χ4v) is 2.02. The summed E-state index contributed by atoms with van der Waals surface area (Å²) in [5, 5.41) is 16.7. The maximum absolute atomic E-state index is 10.7. The highest BCUT2D eigenvalue weighted by Crippen LogP contribution is 2.15. The lowest BCUT2D eigenvalue weighted by atomic mass is 10.0. The highest BCUT2D eigenvalue weighted by Gasteiger charge is 2.14. The first-order valence-corrected chi connectivity index (χ1v) is 6.92. The van der Waals surface area contributed by atoms with Gasteiger partial charge in [-0.15, -0.1) is 5.10 Å². The van der Waals surface area contributed by atoms with Crippen molar-refractivity contribution in [2.75, 3.05) is 0 Å². The van der Waals surface area contributed by atoms with Gasteiger partial charge in [-0.25, -0.2) is 4.68 Å². The van der Waals surface area contributed by atoms with E-state index in [2.05, 4.69) is 48.4 Å². The number of rotatable bonds is 6. The molecule has 1 atom stereocenters. The molecule has 0 saturated carbocycles. The van der Waals surface area contributed by atoms with Gasteiger partial charge in [0.2, 0.25) is 0 Å². The normalized spacial score (nSPS) is 12.6. The number of aliphatic carboxylic acids is 1. The van der Waals surface area contributed by atoms with Crippen LogP contribution >= 0.6 is 0 Å². The van der Waals surface area contributed by atoms with Crippen molar-refractivity contribution in [1.29, 1.82) is 0 Å². The first kappa shape index (κ1) is 15.2. The van der Waals surface area contributed by atoms with E-state index in [4.69, 9.17) is 10.8 Å². The van der Waals surface area contributed by atoms with Crippen molar-refractivity contribution in [2.45, 2.75) is 38.8 Å². The molecule has 0 aliphatic rings. The number of aromatic nitrogens is 3. The lowest BCUT2D eigenvalue weighted by Gasteiger charge is -2.06. The highest BCUT2D eigenvalue weighted by atomic mass is 16.4. The Kier molecular flexibility index (Phi) is 4.70. The summed E-state index contributed by atoms with van der Waals surface area (Å²) in [6.07, 6.45) is 1.92. The van der Waals surface area contributed by atoms with Crippen LogP contribution in [-0.4, -0.2) is 32.1 Å². The molecular formula is C15H20N4O2. The molecule has 6 nitrogen and oxygen atoms in total. The zero-order valence-corrected chi connectivity index (χ0v) is 12.2. The van der Waals surface area contributed by atoms with E-state index in [0.29, 0.717) is 18.2 Å². The van der Waals surface area contributed by atoms with Crippen LogP contribution in [0.15, 0.2) is 30.5 Å². The molecule has 1 aromatic carbocycles. The van der Waals surface area contributed by atoms with E-state index >= 15 is 0 Å². The quantitative estimate of drug-likeness (QED) is 0.838. The van der Waals surface area contributed by atoms with E-state index in [1.165, 1.54) is 5.56 Å². The van der Waals surface area contributed by atoms with Gasteiger partial charge >= 0.3 is 5.97 Å². The largest absolute Gasteiger partial charge is 0.480 e. The molecule has 0 aliphatic heterocycles. The zero-order chi connectivity index (χ0) is 15.4. The van der Waals surface area contributed by atoms with Crippen LogP contribution in [0.1, 0.15) is 36.6 Å². The number of carboxylic acids is 1. The van der Waals surface area contributed by atoms with Gasteiger partial charge in [-0.2, -0.15) is 0 Å². The number of hydrogen-bond donors (Lipinski definition) is 2. The molecule has 0 radical (unpaired) electrons. The SMILES string of the molecule is CC(C)c1ccc(Cn2cc(CC(N)C(=O)O)nn2)cc1. The van der Waals surface area contributed by atoms with Gasteiger partial charge in [-0.3, -0.25) is 4.79 Å². The van der Waals surface area contributed by atoms with Gasteiger partial charge in [-0.05, 0) is 17.0 Å². The Hall–Kier alpha value is -2.21. The number of carbonyl (C=O) groups is 1. The molecule has 2 aromatic rings. The Morgan fingerprint density at radius 3 is 2.57 bits per heavy atom.